The molecule has 2 aliphatic carbocycles. The first-order chi connectivity index (χ1) is 38.9. The molecule has 0 atom stereocenters. The molecule has 2 aliphatic heterocycles. The lowest BCUT2D eigenvalue weighted by atomic mass is 9.33. The highest BCUT2D eigenvalue weighted by Gasteiger charge is 2.48. The maximum Gasteiger partial charge on any atom is 0.252 e. The molecule has 0 saturated carbocycles. The van der Waals surface area contributed by atoms with E-state index in [1.807, 2.05) is 0 Å². The highest BCUT2D eigenvalue weighted by molar-refractivity contribution is 7.00. The van der Waals surface area contributed by atoms with Gasteiger partial charge in [0.2, 0.25) is 0 Å². The Kier molecular flexibility index (Phi) is 12.4. The van der Waals surface area contributed by atoms with Crippen LogP contribution in [0.5, 0.6) is 0 Å². The molecule has 0 spiro atoms. The monoisotopic (exact) mass is 1070 g/mol. The molecule has 13 rings (SSSR count). The van der Waals surface area contributed by atoms with Crippen LogP contribution in [-0.2, 0) is 32.5 Å². The van der Waals surface area contributed by atoms with E-state index in [-0.39, 0.29) is 39.2 Å². The minimum atomic E-state index is -0.285. The van der Waals surface area contributed by atoms with Crippen molar-refractivity contribution in [3.63, 3.8) is 0 Å². The summed E-state index contributed by atoms with van der Waals surface area (Å²) in [6, 6.07) is 75.0. The number of hydrogen-bond donors (Lipinski definition) is 0. The SMILES string of the molecule is Cc1cc2c(cc1N1c3cc(C(C)(C)c4ccccc4)ccc3B3c4cc5c(cc4N(c4ccc(C(C)(C)C)cc4-c4ccccc4)c4cc(N(c6ccccc6)c6ccccc6)cc1c43)C(C)(C)CCC5(C)C)C(C)(C)CCC2(C)C. The summed E-state index contributed by atoms with van der Waals surface area (Å²) in [5.74, 6) is 0. The van der Waals surface area contributed by atoms with Crippen LogP contribution in [0.25, 0.3) is 11.1 Å². The third-order valence-electron chi connectivity index (χ3n) is 20.1. The molecule has 3 nitrogen and oxygen atoms in total. The van der Waals surface area contributed by atoms with E-state index in [1.54, 1.807) is 0 Å². The fourth-order valence-electron chi connectivity index (χ4n) is 14.7. The van der Waals surface area contributed by atoms with Gasteiger partial charge in [-0.1, -0.05) is 217 Å². The average Bonchev–Trinajstić information content (AvgIpc) is 1.43. The molecule has 412 valence electrons. The van der Waals surface area contributed by atoms with E-state index in [0.29, 0.717) is 0 Å². The summed E-state index contributed by atoms with van der Waals surface area (Å²) in [6.45, 7) is 34.0. The van der Waals surface area contributed by atoms with Crippen LogP contribution in [0.1, 0.15) is 160 Å². The van der Waals surface area contributed by atoms with E-state index in [2.05, 4.69) is 306 Å². The first-order valence-electron chi connectivity index (χ1n) is 30.4. The summed E-state index contributed by atoms with van der Waals surface area (Å²) in [7, 11) is 0. The van der Waals surface area contributed by atoms with Gasteiger partial charge in [-0.2, -0.15) is 0 Å². The van der Waals surface area contributed by atoms with E-state index < -0.39 is 0 Å². The summed E-state index contributed by atoms with van der Waals surface area (Å²) in [5, 5.41) is 0. The molecule has 82 heavy (non-hydrogen) atoms. The van der Waals surface area contributed by atoms with Crippen molar-refractivity contribution in [2.45, 2.75) is 155 Å². The molecule has 4 aliphatic rings. The zero-order chi connectivity index (χ0) is 57.5. The fourth-order valence-corrected chi connectivity index (χ4v) is 14.7. The van der Waals surface area contributed by atoms with Crippen LogP contribution in [-0.4, -0.2) is 6.71 Å². The molecular formula is C78H82BN3. The van der Waals surface area contributed by atoms with E-state index in [9.17, 15) is 0 Å². The summed E-state index contributed by atoms with van der Waals surface area (Å²) in [4.78, 5) is 7.94. The lowest BCUT2D eigenvalue weighted by Gasteiger charge is -2.48. The molecule has 0 radical (unpaired) electrons. The van der Waals surface area contributed by atoms with Crippen molar-refractivity contribution in [2.75, 3.05) is 14.7 Å². The predicted molar refractivity (Wildman–Crippen MR) is 353 cm³/mol. The van der Waals surface area contributed by atoms with Crippen molar-refractivity contribution in [3.8, 4) is 11.1 Å². The molecular weight excluding hydrogens is 990 g/mol. The van der Waals surface area contributed by atoms with Crippen LogP contribution in [0.15, 0.2) is 194 Å². The zero-order valence-corrected chi connectivity index (χ0v) is 51.2. The van der Waals surface area contributed by atoms with Crippen LogP contribution in [0, 0.1) is 6.92 Å². The maximum absolute atomic E-state index is 2.73. The molecule has 9 aromatic carbocycles. The van der Waals surface area contributed by atoms with Crippen molar-refractivity contribution < 1.29 is 0 Å². The third kappa shape index (κ3) is 8.68. The molecule has 0 aromatic heterocycles. The smallest absolute Gasteiger partial charge is 0.252 e. The van der Waals surface area contributed by atoms with Gasteiger partial charge in [0.15, 0.2) is 0 Å². The van der Waals surface area contributed by atoms with Gasteiger partial charge in [-0.05, 0) is 193 Å². The number of para-hydroxylation sites is 2. The highest BCUT2D eigenvalue weighted by atomic mass is 15.2. The molecule has 2 heterocycles. The van der Waals surface area contributed by atoms with Gasteiger partial charge in [0.25, 0.3) is 6.71 Å². The molecule has 4 heteroatoms. The fraction of sp³-hybridized carbons (Fsp3) is 0.308. The van der Waals surface area contributed by atoms with Gasteiger partial charge >= 0.3 is 0 Å². The van der Waals surface area contributed by atoms with Crippen molar-refractivity contribution >= 4 is 74.3 Å². The van der Waals surface area contributed by atoms with Crippen molar-refractivity contribution in [2.24, 2.45) is 0 Å². The minimum Gasteiger partial charge on any atom is -0.311 e. The van der Waals surface area contributed by atoms with Crippen LogP contribution >= 0.6 is 0 Å². The summed E-state index contributed by atoms with van der Waals surface area (Å²) in [5.41, 5.74) is 27.9. The van der Waals surface area contributed by atoms with Gasteiger partial charge in [-0.25, -0.2) is 0 Å². The van der Waals surface area contributed by atoms with Crippen molar-refractivity contribution in [1.82, 2.24) is 0 Å². The summed E-state index contributed by atoms with van der Waals surface area (Å²) >= 11 is 0. The van der Waals surface area contributed by atoms with Crippen LogP contribution in [0.4, 0.5) is 51.2 Å². The second-order valence-electron chi connectivity index (χ2n) is 28.8. The summed E-state index contributed by atoms with van der Waals surface area (Å²) in [6.07, 6.45) is 4.57. The van der Waals surface area contributed by atoms with Gasteiger partial charge in [-0.15, -0.1) is 0 Å². The van der Waals surface area contributed by atoms with Crippen molar-refractivity contribution in [3.05, 3.63) is 239 Å². The molecule has 0 N–H and O–H groups in total. The number of anilines is 9. The quantitative estimate of drug-likeness (QED) is 0.140. The lowest BCUT2D eigenvalue weighted by Crippen LogP contribution is -2.62. The first-order valence-corrected chi connectivity index (χ1v) is 30.4. The Morgan fingerprint density at radius 2 is 0.829 bits per heavy atom. The third-order valence-corrected chi connectivity index (χ3v) is 20.1. The first kappa shape index (κ1) is 53.7. The van der Waals surface area contributed by atoms with E-state index in [1.165, 1.54) is 106 Å². The second kappa shape index (κ2) is 19.0. The zero-order valence-electron chi connectivity index (χ0n) is 51.2. The van der Waals surface area contributed by atoms with Crippen LogP contribution < -0.4 is 31.1 Å². The Hall–Kier alpha value is -7.56. The number of benzene rings is 9. The Balaban J connectivity index is 1.22. The lowest BCUT2D eigenvalue weighted by molar-refractivity contribution is 0.332. The largest absolute Gasteiger partial charge is 0.311 e. The van der Waals surface area contributed by atoms with E-state index in [0.717, 1.165) is 42.7 Å². The normalized spacial score (nSPS) is 17.0. The minimum absolute atomic E-state index is 0.00718. The van der Waals surface area contributed by atoms with E-state index in [4.69, 9.17) is 0 Å². The van der Waals surface area contributed by atoms with Gasteiger partial charge in [-0.3, -0.25) is 0 Å². The maximum atomic E-state index is 2.73. The van der Waals surface area contributed by atoms with Crippen LogP contribution in [0.2, 0.25) is 0 Å². The van der Waals surface area contributed by atoms with Gasteiger partial charge in [0.1, 0.15) is 0 Å². The number of nitrogens with zero attached hydrogens (tertiary/aromatic N) is 3. The topological polar surface area (TPSA) is 9.72 Å². The number of aryl methyl sites for hydroxylation is 1. The Labute approximate surface area is 491 Å². The van der Waals surface area contributed by atoms with Gasteiger partial charge < -0.3 is 14.7 Å². The molecule has 0 unspecified atom stereocenters. The number of rotatable bonds is 8. The Morgan fingerprint density at radius 3 is 1.37 bits per heavy atom. The highest BCUT2D eigenvalue weighted by Crippen LogP contribution is 2.55. The van der Waals surface area contributed by atoms with Crippen molar-refractivity contribution in [1.29, 1.82) is 0 Å². The van der Waals surface area contributed by atoms with E-state index >= 15 is 0 Å². The Bertz CT molecular complexity index is 3920. The predicted octanol–water partition coefficient (Wildman–Crippen LogP) is 19.5. The number of hydrogen-bond acceptors (Lipinski definition) is 3. The Morgan fingerprint density at radius 1 is 0.378 bits per heavy atom. The van der Waals surface area contributed by atoms with Gasteiger partial charge in [0, 0.05) is 50.8 Å². The standard InChI is InChI=1S/C78H82BN3/c1-51-43-60-62(76(9,10)41-39-74(60,5)6)49-67(51)82-68-45-55(78(13,14)53-29-21-16-22-30-53)35-37-64(68)79-65-48-61-63(77(11,12)42-40-75(61,7)8)50-69(65)81(66-38-36-54(73(2,3)4)44-59(66)52-27-19-15-20-28-52)70-46-58(47-71(82)72(70)79)80(56-31-23-17-24-32-56)57-33-25-18-26-34-57/h15-38,43-50H,39-42H2,1-14H3. The second-order valence-corrected chi connectivity index (χ2v) is 28.8. The molecule has 0 amide bonds. The number of fused-ring (bicyclic) bond motifs is 6. The molecule has 9 aromatic rings. The van der Waals surface area contributed by atoms with Gasteiger partial charge in [0.05, 0.1) is 11.4 Å². The molecule has 0 bridgehead atoms. The van der Waals surface area contributed by atoms with Crippen LogP contribution in [0.3, 0.4) is 0 Å². The molecule has 0 fully saturated rings. The average molecular weight is 1070 g/mol. The molecule has 0 saturated heterocycles. The summed E-state index contributed by atoms with van der Waals surface area (Å²) < 4.78 is 0.